The van der Waals surface area contributed by atoms with Crippen molar-refractivity contribution in [1.82, 2.24) is 10.2 Å². The third-order valence-corrected chi connectivity index (χ3v) is 4.49. The highest BCUT2D eigenvalue weighted by atomic mass is 32.1. The highest BCUT2D eigenvalue weighted by Gasteiger charge is 2.30. The van der Waals surface area contributed by atoms with Crippen LogP contribution in [-0.2, 0) is 9.59 Å². The molecule has 0 spiro atoms. The van der Waals surface area contributed by atoms with Gasteiger partial charge in [-0.2, -0.15) is 0 Å². The largest absolute Gasteiger partial charge is 0.478 e. The first-order valence-corrected chi connectivity index (χ1v) is 7.27. The number of likely N-dealkylation sites (tertiary alicyclic amines) is 1. The van der Waals surface area contributed by atoms with E-state index in [4.69, 9.17) is 5.11 Å². The molecule has 2 rings (SSSR count). The normalized spacial score (nSPS) is 18.5. The Morgan fingerprint density at radius 1 is 1.52 bits per heavy atom. The predicted octanol–water partition coefficient (Wildman–Crippen LogP) is 1.11. The lowest BCUT2D eigenvalue weighted by Crippen LogP contribution is -2.40. The van der Waals surface area contributed by atoms with E-state index in [1.54, 1.807) is 18.0 Å². The number of hydrogen-bond acceptors (Lipinski definition) is 4. The molecule has 7 heteroatoms. The van der Waals surface area contributed by atoms with Crippen LogP contribution in [0.4, 0.5) is 0 Å². The van der Waals surface area contributed by atoms with Crippen molar-refractivity contribution in [1.29, 1.82) is 0 Å². The second kappa shape index (κ2) is 6.09. The summed E-state index contributed by atoms with van der Waals surface area (Å²) in [6.07, 6.45) is 3.11. The van der Waals surface area contributed by atoms with E-state index >= 15 is 0 Å². The first-order chi connectivity index (χ1) is 9.88. The van der Waals surface area contributed by atoms with Crippen molar-refractivity contribution in [2.75, 3.05) is 13.6 Å². The molecule has 0 bridgehead atoms. The molecule has 1 unspecified atom stereocenters. The molecule has 6 nitrogen and oxygen atoms in total. The number of thiophene rings is 1. The minimum atomic E-state index is -1.03. The van der Waals surface area contributed by atoms with Crippen LogP contribution >= 0.6 is 11.3 Å². The molecule has 0 aromatic carbocycles. The van der Waals surface area contributed by atoms with Gasteiger partial charge in [-0.1, -0.05) is 0 Å². The lowest BCUT2D eigenvalue weighted by Gasteiger charge is -2.11. The first kappa shape index (κ1) is 15.2. The summed E-state index contributed by atoms with van der Waals surface area (Å²) in [6.45, 7) is 2.45. The summed E-state index contributed by atoms with van der Waals surface area (Å²) in [4.78, 5) is 37.2. The highest BCUT2D eigenvalue weighted by Crippen LogP contribution is 2.23. The van der Waals surface area contributed by atoms with Gasteiger partial charge < -0.3 is 15.3 Å². The van der Waals surface area contributed by atoms with E-state index in [1.165, 1.54) is 17.4 Å². The van der Waals surface area contributed by atoms with Gasteiger partial charge in [0.2, 0.25) is 5.91 Å². The summed E-state index contributed by atoms with van der Waals surface area (Å²) in [5.41, 5.74) is 0.831. The molecular weight excluding hydrogens is 292 g/mol. The fraction of sp³-hybridized carbons (Fsp3) is 0.357. The number of aliphatic carboxylic acids is 1. The van der Waals surface area contributed by atoms with Crippen LogP contribution in [0.1, 0.15) is 26.5 Å². The summed E-state index contributed by atoms with van der Waals surface area (Å²) >= 11 is 1.21. The van der Waals surface area contributed by atoms with Gasteiger partial charge in [-0.05, 0) is 31.1 Å². The van der Waals surface area contributed by atoms with Gasteiger partial charge in [0, 0.05) is 24.5 Å². The number of carbonyl (C=O) groups excluding carboxylic acids is 2. The number of carboxylic acids is 1. The van der Waals surface area contributed by atoms with E-state index in [0.29, 0.717) is 17.8 Å². The Kier molecular flexibility index (Phi) is 4.42. The number of hydrogen-bond donors (Lipinski definition) is 2. The number of rotatable bonds is 4. The number of likely N-dealkylation sites (N-methyl/N-ethyl adjacent to an activating group) is 1. The molecule has 1 aliphatic heterocycles. The molecule has 1 atom stereocenters. The van der Waals surface area contributed by atoms with E-state index in [0.717, 1.165) is 16.5 Å². The van der Waals surface area contributed by atoms with Gasteiger partial charge in [0.25, 0.3) is 5.91 Å². The predicted molar refractivity (Wildman–Crippen MR) is 79.2 cm³/mol. The van der Waals surface area contributed by atoms with Gasteiger partial charge in [-0.25, -0.2) is 4.79 Å². The maximum Gasteiger partial charge on any atom is 0.328 e. The summed E-state index contributed by atoms with van der Waals surface area (Å²) < 4.78 is 0. The van der Waals surface area contributed by atoms with Gasteiger partial charge in [0.1, 0.15) is 6.04 Å². The number of amides is 2. The average molecular weight is 308 g/mol. The summed E-state index contributed by atoms with van der Waals surface area (Å²) in [5.74, 6) is -1.41. The smallest absolute Gasteiger partial charge is 0.328 e. The molecule has 21 heavy (non-hydrogen) atoms. The van der Waals surface area contributed by atoms with E-state index in [2.05, 4.69) is 5.32 Å². The monoisotopic (exact) mass is 308 g/mol. The number of carboxylic acid groups (broad SMARTS) is 1. The second-order valence-electron chi connectivity index (χ2n) is 4.90. The van der Waals surface area contributed by atoms with Crippen LogP contribution in [0, 0.1) is 6.92 Å². The van der Waals surface area contributed by atoms with Crippen LogP contribution in [0.2, 0.25) is 0 Å². The maximum atomic E-state index is 12.1. The zero-order valence-electron chi connectivity index (χ0n) is 11.8. The van der Waals surface area contributed by atoms with Crippen molar-refractivity contribution in [2.24, 2.45) is 0 Å². The van der Waals surface area contributed by atoms with Crippen LogP contribution in [0.15, 0.2) is 12.1 Å². The Hall–Kier alpha value is -2.15. The number of carbonyl (C=O) groups is 3. The maximum absolute atomic E-state index is 12.1. The molecule has 2 N–H and O–H groups in total. The van der Waals surface area contributed by atoms with Gasteiger partial charge in [-0.15, -0.1) is 11.3 Å². The van der Waals surface area contributed by atoms with E-state index in [9.17, 15) is 14.4 Å². The highest BCUT2D eigenvalue weighted by molar-refractivity contribution is 7.15. The fourth-order valence-corrected chi connectivity index (χ4v) is 3.09. The van der Waals surface area contributed by atoms with Crippen molar-refractivity contribution >= 4 is 35.2 Å². The third kappa shape index (κ3) is 3.49. The molecular formula is C14H16N2O4S. The van der Waals surface area contributed by atoms with Crippen molar-refractivity contribution < 1.29 is 19.5 Å². The van der Waals surface area contributed by atoms with Crippen LogP contribution in [-0.4, -0.2) is 47.4 Å². The third-order valence-electron chi connectivity index (χ3n) is 3.29. The van der Waals surface area contributed by atoms with E-state index < -0.39 is 12.0 Å². The van der Waals surface area contributed by atoms with Crippen LogP contribution in [0.25, 0.3) is 6.08 Å². The number of nitrogens with one attached hydrogen (secondary N) is 1. The molecule has 1 aromatic heterocycles. The second-order valence-corrected chi connectivity index (χ2v) is 5.99. The zero-order chi connectivity index (χ0) is 15.6. The molecule has 2 amide bonds. The van der Waals surface area contributed by atoms with Gasteiger partial charge >= 0.3 is 5.97 Å². The number of aryl methyl sites for hydroxylation is 1. The Bertz CT molecular complexity index is 620. The Labute approximate surface area is 126 Å². The Balaban J connectivity index is 2.08. The Morgan fingerprint density at radius 2 is 2.24 bits per heavy atom. The molecule has 0 radical (unpaired) electrons. The van der Waals surface area contributed by atoms with Crippen molar-refractivity contribution in [2.45, 2.75) is 19.4 Å². The van der Waals surface area contributed by atoms with Crippen molar-refractivity contribution in [3.8, 4) is 0 Å². The van der Waals surface area contributed by atoms with Crippen LogP contribution in [0.5, 0.6) is 0 Å². The summed E-state index contributed by atoms with van der Waals surface area (Å²) in [6, 6.07) is 1.23. The minimum absolute atomic E-state index is 0.0809. The average Bonchev–Trinajstić information content (AvgIpc) is 2.94. The molecule has 112 valence electrons. The topological polar surface area (TPSA) is 86.7 Å². The molecule has 0 aliphatic carbocycles. The standard InChI is InChI=1S/C14H16N2O4S/c1-8-7-11(21-10(8)3-4-12(17)18)13(19)15-9-5-6-16(2)14(9)20/h3-4,7,9H,5-6H2,1-2H3,(H,15,19)(H,17,18)/b4-3+. The quantitative estimate of drug-likeness (QED) is 0.816. The van der Waals surface area contributed by atoms with E-state index in [1.807, 2.05) is 6.92 Å². The van der Waals surface area contributed by atoms with Gasteiger partial charge in [-0.3, -0.25) is 9.59 Å². The van der Waals surface area contributed by atoms with Crippen LogP contribution in [0.3, 0.4) is 0 Å². The summed E-state index contributed by atoms with van der Waals surface area (Å²) in [7, 11) is 1.71. The van der Waals surface area contributed by atoms with Crippen molar-refractivity contribution in [3.63, 3.8) is 0 Å². The van der Waals surface area contributed by atoms with Gasteiger partial charge in [0.05, 0.1) is 4.88 Å². The minimum Gasteiger partial charge on any atom is -0.478 e. The molecule has 2 heterocycles. The molecule has 1 aliphatic rings. The first-order valence-electron chi connectivity index (χ1n) is 6.45. The Morgan fingerprint density at radius 3 is 2.81 bits per heavy atom. The fourth-order valence-electron chi connectivity index (χ4n) is 2.11. The molecule has 0 saturated carbocycles. The zero-order valence-corrected chi connectivity index (χ0v) is 12.6. The van der Waals surface area contributed by atoms with Crippen molar-refractivity contribution in [3.05, 3.63) is 27.5 Å². The van der Waals surface area contributed by atoms with E-state index in [-0.39, 0.29) is 11.8 Å². The summed E-state index contributed by atoms with van der Waals surface area (Å²) in [5, 5.41) is 11.3. The SMILES string of the molecule is Cc1cc(C(=O)NC2CCN(C)C2=O)sc1/C=C/C(=O)O. The molecule has 1 saturated heterocycles. The van der Waals surface area contributed by atoms with Gasteiger partial charge in [0.15, 0.2) is 0 Å². The number of nitrogens with zero attached hydrogens (tertiary/aromatic N) is 1. The lowest BCUT2D eigenvalue weighted by atomic mass is 10.2. The van der Waals surface area contributed by atoms with Crippen LogP contribution < -0.4 is 5.32 Å². The molecule has 1 aromatic rings. The lowest BCUT2D eigenvalue weighted by molar-refractivity contribution is -0.131. The molecule has 1 fully saturated rings.